The van der Waals surface area contributed by atoms with E-state index in [9.17, 15) is 4.79 Å². The standard InChI is InChI=1S/C23H21ClN4O2S/c1-16-5-11-19(12-6-16)28-22(17-7-9-18(24)10-8-17)25-26-23(28)31-15-21(29)27(2)14-20-4-3-13-30-20/h3-13H,14-15H2,1-2H3. The van der Waals surface area contributed by atoms with Crippen molar-refractivity contribution < 1.29 is 9.21 Å². The van der Waals surface area contributed by atoms with Gasteiger partial charge >= 0.3 is 0 Å². The summed E-state index contributed by atoms with van der Waals surface area (Å²) >= 11 is 7.40. The minimum atomic E-state index is -0.0205. The van der Waals surface area contributed by atoms with Crippen LogP contribution >= 0.6 is 23.4 Å². The molecule has 6 nitrogen and oxygen atoms in total. The molecule has 8 heteroatoms. The van der Waals surface area contributed by atoms with E-state index >= 15 is 0 Å². The summed E-state index contributed by atoms with van der Waals surface area (Å²) in [6.45, 7) is 2.46. The molecular formula is C23H21ClN4O2S. The monoisotopic (exact) mass is 452 g/mol. The maximum atomic E-state index is 12.6. The van der Waals surface area contributed by atoms with E-state index in [2.05, 4.69) is 10.2 Å². The van der Waals surface area contributed by atoms with Crippen molar-refractivity contribution in [3.63, 3.8) is 0 Å². The summed E-state index contributed by atoms with van der Waals surface area (Å²) < 4.78 is 7.29. The summed E-state index contributed by atoms with van der Waals surface area (Å²) in [5, 5.41) is 10.1. The van der Waals surface area contributed by atoms with Crippen LogP contribution in [0.25, 0.3) is 17.1 Å². The average molecular weight is 453 g/mol. The van der Waals surface area contributed by atoms with Crippen molar-refractivity contribution in [3.05, 3.63) is 83.3 Å². The first-order valence-electron chi connectivity index (χ1n) is 9.69. The molecule has 0 aliphatic carbocycles. The molecule has 0 saturated carbocycles. The number of halogens is 1. The van der Waals surface area contributed by atoms with E-state index in [1.165, 1.54) is 11.8 Å². The Hall–Kier alpha value is -3.03. The van der Waals surface area contributed by atoms with Crippen LogP contribution in [0, 0.1) is 6.92 Å². The Balaban J connectivity index is 1.59. The molecule has 4 rings (SSSR count). The van der Waals surface area contributed by atoms with Crippen LogP contribution in [0.2, 0.25) is 5.02 Å². The molecule has 0 aliphatic heterocycles. The topological polar surface area (TPSA) is 64.2 Å². The van der Waals surface area contributed by atoms with Crippen molar-refractivity contribution in [3.8, 4) is 17.1 Å². The second-order valence-corrected chi connectivity index (χ2v) is 8.48. The summed E-state index contributed by atoms with van der Waals surface area (Å²) in [5.74, 6) is 1.66. The lowest BCUT2D eigenvalue weighted by Gasteiger charge is -2.15. The van der Waals surface area contributed by atoms with Gasteiger partial charge in [-0.3, -0.25) is 9.36 Å². The number of benzene rings is 2. The molecule has 2 aromatic heterocycles. The van der Waals surface area contributed by atoms with Gasteiger partial charge in [0.15, 0.2) is 11.0 Å². The van der Waals surface area contributed by atoms with Crippen LogP contribution in [0.3, 0.4) is 0 Å². The van der Waals surface area contributed by atoms with Gasteiger partial charge < -0.3 is 9.32 Å². The Labute approximate surface area is 189 Å². The predicted molar refractivity (Wildman–Crippen MR) is 122 cm³/mol. The fourth-order valence-corrected chi connectivity index (χ4v) is 4.06. The molecule has 4 aromatic rings. The molecule has 0 aliphatic rings. The smallest absolute Gasteiger partial charge is 0.233 e. The van der Waals surface area contributed by atoms with E-state index in [0.717, 1.165) is 22.6 Å². The Morgan fingerprint density at radius 1 is 1.10 bits per heavy atom. The molecule has 2 aromatic carbocycles. The normalized spacial score (nSPS) is 10.9. The minimum absolute atomic E-state index is 0.0205. The van der Waals surface area contributed by atoms with Crippen LogP contribution in [0.4, 0.5) is 0 Å². The number of hydrogen-bond acceptors (Lipinski definition) is 5. The van der Waals surface area contributed by atoms with Crippen LogP contribution < -0.4 is 0 Å². The summed E-state index contributed by atoms with van der Waals surface area (Å²) in [6, 6.07) is 19.3. The molecule has 0 bridgehead atoms. The van der Waals surface area contributed by atoms with Gasteiger partial charge in [0.2, 0.25) is 5.91 Å². The maximum absolute atomic E-state index is 12.6. The second-order valence-electron chi connectivity index (χ2n) is 7.10. The first kappa shape index (κ1) is 21.2. The number of furan rings is 1. The molecule has 0 N–H and O–H groups in total. The highest BCUT2D eigenvalue weighted by molar-refractivity contribution is 7.99. The molecule has 31 heavy (non-hydrogen) atoms. The third-order valence-electron chi connectivity index (χ3n) is 4.75. The molecular weight excluding hydrogens is 432 g/mol. The van der Waals surface area contributed by atoms with Crippen molar-refractivity contribution in [2.24, 2.45) is 0 Å². The van der Waals surface area contributed by atoms with Gasteiger partial charge in [0.1, 0.15) is 5.76 Å². The fraction of sp³-hybridized carbons (Fsp3) is 0.174. The molecule has 0 fully saturated rings. The Morgan fingerprint density at radius 2 is 1.84 bits per heavy atom. The van der Waals surface area contributed by atoms with Gasteiger partial charge in [-0.1, -0.05) is 41.1 Å². The molecule has 2 heterocycles. The summed E-state index contributed by atoms with van der Waals surface area (Å²) in [6.07, 6.45) is 1.60. The molecule has 0 radical (unpaired) electrons. The zero-order valence-corrected chi connectivity index (χ0v) is 18.7. The average Bonchev–Trinajstić information content (AvgIpc) is 3.43. The number of carbonyl (C=O) groups excluding carboxylic acids is 1. The molecule has 158 valence electrons. The van der Waals surface area contributed by atoms with Gasteiger partial charge in [-0.05, 0) is 55.5 Å². The largest absolute Gasteiger partial charge is 0.467 e. The number of hydrogen-bond donors (Lipinski definition) is 0. The number of thioether (sulfide) groups is 1. The number of nitrogens with zero attached hydrogens (tertiary/aromatic N) is 4. The van der Waals surface area contributed by atoms with Crippen LogP contribution in [0.15, 0.2) is 76.5 Å². The number of aryl methyl sites for hydroxylation is 1. The SMILES string of the molecule is Cc1ccc(-n2c(SCC(=O)N(C)Cc3ccco3)nnc2-c2ccc(Cl)cc2)cc1. The van der Waals surface area contributed by atoms with Gasteiger partial charge in [-0.15, -0.1) is 10.2 Å². The Kier molecular flexibility index (Phi) is 6.44. The van der Waals surface area contributed by atoms with Crippen molar-refractivity contribution in [1.29, 1.82) is 0 Å². The number of amides is 1. The lowest BCUT2D eigenvalue weighted by Crippen LogP contribution is -2.27. The van der Waals surface area contributed by atoms with Gasteiger partial charge in [-0.25, -0.2) is 0 Å². The highest BCUT2D eigenvalue weighted by atomic mass is 35.5. The van der Waals surface area contributed by atoms with E-state index in [0.29, 0.717) is 22.5 Å². The van der Waals surface area contributed by atoms with E-state index in [-0.39, 0.29) is 11.7 Å². The number of rotatable bonds is 7. The first-order valence-corrected chi connectivity index (χ1v) is 11.0. The lowest BCUT2D eigenvalue weighted by atomic mass is 10.2. The summed E-state index contributed by atoms with van der Waals surface area (Å²) in [5.41, 5.74) is 2.99. The number of aromatic nitrogens is 3. The van der Waals surface area contributed by atoms with Crippen molar-refractivity contribution >= 4 is 29.3 Å². The zero-order valence-electron chi connectivity index (χ0n) is 17.2. The van der Waals surface area contributed by atoms with E-state index in [1.807, 2.05) is 72.2 Å². The highest BCUT2D eigenvalue weighted by Gasteiger charge is 2.19. The zero-order chi connectivity index (χ0) is 21.8. The third kappa shape index (κ3) is 5.00. The summed E-state index contributed by atoms with van der Waals surface area (Å²) in [7, 11) is 1.76. The predicted octanol–water partition coefficient (Wildman–Crippen LogP) is 5.24. The van der Waals surface area contributed by atoms with Crippen LogP contribution in [0.1, 0.15) is 11.3 Å². The molecule has 0 saturated heterocycles. The molecule has 0 atom stereocenters. The minimum Gasteiger partial charge on any atom is -0.467 e. The van der Waals surface area contributed by atoms with E-state index < -0.39 is 0 Å². The quantitative estimate of drug-likeness (QED) is 0.359. The first-order chi connectivity index (χ1) is 15.0. The van der Waals surface area contributed by atoms with Crippen LogP contribution in [-0.2, 0) is 11.3 Å². The van der Waals surface area contributed by atoms with Gasteiger partial charge in [0, 0.05) is 23.3 Å². The number of carbonyl (C=O) groups is 1. The fourth-order valence-electron chi connectivity index (χ4n) is 3.04. The maximum Gasteiger partial charge on any atom is 0.233 e. The molecule has 0 unspecified atom stereocenters. The molecule has 0 spiro atoms. The van der Waals surface area contributed by atoms with Crippen molar-refractivity contribution in [2.75, 3.05) is 12.8 Å². The van der Waals surface area contributed by atoms with Crippen LogP contribution in [0.5, 0.6) is 0 Å². The van der Waals surface area contributed by atoms with Gasteiger partial charge in [0.05, 0.1) is 18.6 Å². The van der Waals surface area contributed by atoms with Gasteiger partial charge in [0.25, 0.3) is 0 Å². The van der Waals surface area contributed by atoms with Crippen molar-refractivity contribution in [2.45, 2.75) is 18.6 Å². The van der Waals surface area contributed by atoms with E-state index in [4.69, 9.17) is 16.0 Å². The van der Waals surface area contributed by atoms with E-state index in [1.54, 1.807) is 18.2 Å². The summed E-state index contributed by atoms with van der Waals surface area (Å²) in [4.78, 5) is 14.3. The second kappa shape index (κ2) is 9.41. The van der Waals surface area contributed by atoms with Gasteiger partial charge in [-0.2, -0.15) is 0 Å². The Bertz CT molecular complexity index is 1160. The third-order valence-corrected chi connectivity index (χ3v) is 5.92. The molecule has 1 amide bonds. The van der Waals surface area contributed by atoms with Crippen molar-refractivity contribution in [1.82, 2.24) is 19.7 Å². The van der Waals surface area contributed by atoms with Crippen LogP contribution in [-0.4, -0.2) is 38.4 Å². The lowest BCUT2D eigenvalue weighted by molar-refractivity contribution is -0.127. The highest BCUT2D eigenvalue weighted by Crippen LogP contribution is 2.29. The Morgan fingerprint density at radius 3 is 2.52 bits per heavy atom.